The molecule has 1 aliphatic heterocycles. The average molecular weight is 323 g/mol. The molecule has 1 aliphatic carbocycles. The topological polar surface area (TPSA) is 45.2 Å². The first-order valence-corrected chi connectivity index (χ1v) is 8.55. The number of carbonyl (C=O) groups excluding carboxylic acids is 1. The second kappa shape index (κ2) is 6.18. The highest BCUT2D eigenvalue weighted by atomic mass is 32.2. The monoisotopic (exact) mass is 323 g/mol. The van der Waals surface area contributed by atoms with E-state index < -0.39 is 0 Å². The lowest BCUT2D eigenvalue weighted by Gasteiger charge is -2.17. The summed E-state index contributed by atoms with van der Waals surface area (Å²) < 4.78 is 1.94. The molecule has 1 aromatic heterocycles. The Hall–Kier alpha value is -2.11. The van der Waals surface area contributed by atoms with E-state index in [-0.39, 0.29) is 5.91 Å². The van der Waals surface area contributed by atoms with Crippen LogP contribution in [0.4, 0.5) is 0 Å². The molecule has 4 nitrogen and oxygen atoms in total. The zero-order valence-corrected chi connectivity index (χ0v) is 13.5. The summed E-state index contributed by atoms with van der Waals surface area (Å²) in [4.78, 5) is 17.6. The van der Waals surface area contributed by atoms with Crippen LogP contribution in [0.1, 0.15) is 34.3 Å². The van der Waals surface area contributed by atoms with Crippen molar-refractivity contribution < 1.29 is 4.79 Å². The smallest absolute Gasteiger partial charge is 0.266 e. The zero-order valence-electron chi connectivity index (χ0n) is 12.7. The van der Waals surface area contributed by atoms with Crippen molar-refractivity contribution in [3.05, 3.63) is 70.4 Å². The van der Waals surface area contributed by atoms with Gasteiger partial charge in [-0.3, -0.25) is 15.2 Å². The van der Waals surface area contributed by atoms with Crippen molar-refractivity contribution >= 4 is 23.4 Å². The van der Waals surface area contributed by atoms with Gasteiger partial charge in [0.2, 0.25) is 0 Å². The van der Waals surface area contributed by atoms with Gasteiger partial charge < -0.3 is 0 Å². The molecule has 1 N–H and O–H groups in total. The van der Waals surface area contributed by atoms with Gasteiger partial charge in [-0.1, -0.05) is 24.3 Å². The second-order valence-corrected chi connectivity index (χ2v) is 6.83. The molecule has 4 rings (SSSR count). The Morgan fingerprint density at radius 2 is 1.96 bits per heavy atom. The van der Waals surface area contributed by atoms with Gasteiger partial charge in [-0.2, -0.15) is 4.41 Å². The van der Waals surface area contributed by atoms with Crippen molar-refractivity contribution in [3.63, 3.8) is 0 Å². The van der Waals surface area contributed by atoms with E-state index in [0.29, 0.717) is 5.56 Å². The van der Waals surface area contributed by atoms with E-state index in [9.17, 15) is 4.79 Å². The molecule has 0 fully saturated rings. The lowest BCUT2D eigenvalue weighted by atomic mass is 9.99. The molecule has 5 heteroatoms. The largest absolute Gasteiger partial charge is 0.274 e. The van der Waals surface area contributed by atoms with E-state index in [0.717, 1.165) is 25.8 Å². The number of rotatable bonds is 2. The number of aryl methyl sites for hydroxylation is 1. The standard InChI is InChI=1S/C18H17N3OS/c22-18(14-8-10-19-11-9-14)20-21-12-16-15-6-2-1-4-13(15)5-3-7-17(16)23-21/h1-2,4,6,8-11H,3,5,7,12H2,(H,20,22). The summed E-state index contributed by atoms with van der Waals surface area (Å²) in [6, 6.07) is 12.1. The van der Waals surface area contributed by atoms with E-state index >= 15 is 0 Å². The van der Waals surface area contributed by atoms with Crippen LogP contribution in [0, 0.1) is 0 Å². The molecule has 0 saturated heterocycles. The molecule has 0 radical (unpaired) electrons. The average Bonchev–Trinajstić information content (AvgIpc) is 2.90. The van der Waals surface area contributed by atoms with Crippen molar-refractivity contribution in [2.24, 2.45) is 0 Å². The minimum atomic E-state index is -0.0918. The first kappa shape index (κ1) is 14.5. The number of hydrogen-bond donors (Lipinski definition) is 1. The van der Waals surface area contributed by atoms with E-state index in [1.54, 1.807) is 36.5 Å². The summed E-state index contributed by atoms with van der Waals surface area (Å²) >= 11 is 1.66. The van der Waals surface area contributed by atoms with Crippen molar-refractivity contribution in [1.82, 2.24) is 14.8 Å². The molecule has 2 aliphatic rings. The molecule has 116 valence electrons. The lowest BCUT2D eigenvalue weighted by molar-refractivity contribution is 0.0896. The number of amides is 1. The van der Waals surface area contributed by atoms with Crippen molar-refractivity contribution in [2.45, 2.75) is 19.3 Å². The lowest BCUT2D eigenvalue weighted by Crippen LogP contribution is -2.36. The molecule has 0 bridgehead atoms. The molecule has 1 amide bonds. The Morgan fingerprint density at radius 3 is 2.83 bits per heavy atom. The van der Waals surface area contributed by atoms with E-state index in [2.05, 4.69) is 34.7 Å². The van der Waals surface area contributed by atoms with E-state index in [1.807, 2.05) is 4.41 Å². The number of nitrogens with one attached hydrogen (secondary N) is 1. The number of hydrogen-bond acceptors (Lipinski definition) is 4. The van der Waals surface area contributed by atoms with Crippen LogP contribution in [0.3, 0.4) is 0 Å². The quantitative estimate of drug-likeness (QED) is 0.860. The van der Waals surface area contributed by atoms with Crippen molar-refractivity contribution in [1.29, 1.82) is 0 Å². The number of pyridine rings is 1. The number of hydrazine groups is 1. The molecule has 23 heavy (non-hydrogen) atoms. The predicted octanol–water partition coefficient (Wildman–Crippen LogP) is 3.44. The maximum Gasteiger partial charge on any atom is 0.266 e. The molecule has 1 aromatic carbocycles. The van der Waals surface area contributed by atoms with Gasteiger partial charge in [-0.15, -0.1) is 0 Å². The summed E-state index contributed by atoms with van der Waals surface area (Å²) in [6.45, 7) is 0.744. The van der Waals surface area contributed by atoms with Crippen molar-refractivity contribution in [3.8, 4) is 0 Å². The highest BCUT2D eigenvalue weighted by molar-refractivity contribution is 8.01. The fourth-order valence-electron chi connectivity index (χ4n) is 3.10. The minimum absolute atomic E-state index is 0.0918. The Morgan fingerprint density at radius 1 is 1.13 bits per heavy atom. The van der Waals surface area contributed by atoms with Crippen LogP contribution in [0.25, 0.3) is 5.57 Å². The first-order chi connectivity index (χ1) is 11.3. The third-order valence-electron chi connectivity index (χ3n) is 4.22. The van der Waals surface area contributed by atoms with Gasteiger partial charge in [0.25, 0.3) is 5.91 Å². The summed E-state index contributed by atoms with van der Waals surface area (Å²) in [5.74, 6) is -0.0918. The fraction of sp³-hybridized carbons (Fsp3) is 0.222. The van der Waals surface area contributed by atoms with Gasteiger partial charge in [0.15, 0.2) is 0 Å². The number of nitrogens with zero attached hydrogens (tertiary/aromatic N) is 2. The van der Waals surface area contributed by atoms with Crippen LogP contribution in [0.2, 0.25) is 0 Å². The van der Waals surface area contributed by atoms with Crippen LogP contribution in [-0.4, -0.2) is 21.9 Å². The second-order valence-electron chi connectivity index (χ2n) is 5.72. The Labute approximate surface area is 139 Å². The molecule has 2 aromatic rings. The first-order valence-electron chi connectivity index (χ1n) is 7.78. The molecule has 0 spiro atoms. The maximum absolute atomic E-state index is 12.3. The van der Waals surface area contributed by atoms with Crippen LogP contribution < -0.4 is 5.43 Å². The van der Waals surface area contributed by atoms with Crippen LogP contribution in [0.15, 0.2) is 53.7 Å². The van der Waals surface area contributed by atoms with Gasteiger partial charge in [0.1, 0.15) is 0 Å². The summed E-state index contributed by atoms with van der Waals surface area (Å²) in [5, 5.41) is 0. The minimum Gasteiger partial charge on any atom is -0.274 e. The predicted molar refractivity (Wildman–Crippen MR) is 92.3 cm³/mol. The SMILES string of the molecule is O=C(NN1CC2=C(CCCc3ccccc32)S1)c1ccncc1. The van der Waals surface area contributed by atoms with Crippen LogP contribution >= 0.6 is 11.9 Å². The normalized spacial score (nSPS) is 17.4. The van der Waals surface area contributed by atoms with Gasteiger partial charge in [0, 0.05) is 22.9 Å². The number of aromatic nitrogens is 1. The molecular weight excluding hydrogens is 306 g/mol. The highest BCUT2D eigenvalue weighted by Gasteiger charge is 2.28. The molecule has 0 unspecified atom stereocenters. The summed E-state index contributed by atoms with van der Waals surface area (Å²) in [7, 11) is 0. The van der Waals surface area contributed by atoms with Gasteiger partial charge in [-0.25, -0.2) is 0 Å². The van der Waals surface area contributed by atoms with E-state index in [1.165, 1.54) is 21.6 Å². The number of carbonyl (C=O) groups is 1. The fourth-order valence-corrected chi connectivity index (χ4v) is 4.21. The number of allylic oxidation sites excluding steroid dienone is 1. The highest BCUT2D eigenvalue weighted by Crippen LogP contribution is 2.42. The van der Waals surface area contributed by atoms with Gasteiger partial charge in [0.05, 0.1) is 6.54 Å². The molecule has 2 heterocycles. The third-order valence-corrected chi connectivity index (χ3v) is 5.33. The molecule has 0 atom stereocenters. The maximum atomic E-state index is 12.3. The van der Waals surface area contributed by atoms with Crippen molar-refractivity contribution in [2.75, 3.05) is 6.54 Å². The zero-order chi connectivity index (χ0) is 15.6. The molecular formula is C18H17N3OS. The number of benzene rings is 1. The summed E-state index contributed by atoms with van der Waals surface area (Å²) in [6.07, 6.45) is 6.64. The van der Waals surface area contributed by atoms with Crippen LogP contribution in [0.5, 0.6) is 0 Å². The number of fused-ring (bicyclic) bond motifs is 2. The van der Waals surface area contributed by atoms with Gasteiger partial charge in [-0.05, 0) is 60.0 Å². The van der Waals surface area contributed by atoms with Crippen LogP contribution in [-0.2, 0) is 6.42 Å². The third kappa shape index (κ3) is 2.90. The van der Waals surface area contributed by atoms with Gasteiger partial charge >= 0.3 is 0 Å². The molecule has 0 saturated carbocycles. The van der Waals surface area contributed by atoms with E-state index in [4.69, 9.17) is 0 Å². The Kier molecular flexibility index (Phi) is 3.89. The Balaban J connectivity index is 1.52. The Bertz CT molecular complexity index is 773. The summed E-state index contributed by atoms with van der Waals surface area (Å²) in [5.41, 5.74) is 7.74.